The maximum absolute atomic E-state index is 12.9. The number of aryl methyl sites for hydroxylation is 1. The summed E-state index contributed by atoms with van der Waals surface area (Å²) in [6.45, 7) is 2.84. The molecular weight excluding hydrogens is 400 g/mol. The zero-order valence-electron chi connectivity index (χ0n) is 17.7. The molecule has 0 radical (unpaired) electrons. The van der Waals surface area contributed by atoms with Gasteiger partial charge >= 0.3 is 0 Å². The van der Waals surface area contributed by atoms with Crippen LogP contribution in [0.3, 0.4) is 0 Å². The molecule has 2 aliphatic rings. The van der Waals surface area contributed by atoms with Gasteiger partial charge < -0.3 is 9.88 Å². The Morgan fingerprint density at radius 2 is 1.94 bits per heavy atom. The summed E-state index contributed by atoms with van der Waals surface area (Å²) in [6.07, 6.45) is 2.31. The number of para-hydroxylation sites is 2. The molecule has 0 spiro atoms. The van der Waals surface area contributed by atoms with Crippen LogP contribution in [-0.2, 0) is 11.8 Å². The van der Waals surface area contributed by atoms with Gasteiger partial charge in [0.15, 0.2) is 0 Å². The summed E-state index contributed by atoms with van der Waals surface area (Å²) in [7, 11) is 0. The summed E-state index contributed by atoms with van der Waals surface area (Å²) in [5.74, 6) is 1.52. The van der Waals surface area contributed by atoms with Crippen molar-refractivity contribution in [2.45, 2.75) is 37.6 Å². The largest absolute Gasteiger partial charge is 0.351 e. The maximum Gasteiger partial charge on any atom is 0.258 e. The van der Waals surface area contributed by atoms with Gasteiger partial charge in [-0.15, -0.1) is 0 Å². The fourth-order valence-corrected chi connectivity index (χ4v) is 5.43. The average Bonchev–Trinajstić information content (AvgIpc) is 3.44. The number of nitriles is 1. The van der Waals surface area contributed by atoms with E-state index in [1.54, 1.807) is 6.07 Å². The fourth-order valence-electron chi connectivity index (χ4n) is 5.43. The minimum Gasteiger partial charge on any atom is -0.351 e. The third-order valence-electron chi connectivity index (χ3n) is 6.94. The lowest BCUT2D eigenvalue weighted by Crippen LogP contribution is -2.53. The molecule has 2 aliphatic heterocycles. The minimum absolute atomic E-state index is 0.0807. The molecule has 2 aromatic heterocycles. The first kappa shape index (κ1) is 18.8. The molecule has 2 atom stereocenters. The zero-order valence-corrected chi connectivity index (χ0v) is 17.7. The molecule has 7 nitrogen and oxygen atoms in total. The van der Waals surface area contributed by atoms with Crippen molar-refractivity contribution >= 4 is 16.7 Å². The Morgan fingerprint density at radius 1 is 1.16 bits per heavy atom. The van der Waals surface area contributed by atoms with Gasteiger partial charge in [-0.2, -0.15) is 10.4 Å². The molecule has 4 aromatic rings. The molecule has 0 saturated carbocycles. The Morgan fingerprint density at radius 3 is 2.75 bits per heavy atom. The minimum atomic E-state index is -0.942. The monoisotopic (exact) mass is 422 g/mol. The van der Waals surface area contributed by atoms with E-state index < -0.39 is 5.41 Å². The topological polar surface area (TPSA) is 90.6 Å². The number of hydrogen-bond donors (Lipinski definition) is 1. The van der Waals surface area contributed by atoms with Gasteiger partial charge in [-0.25, -0.2) is 9.67 Å². The highest BCUT2D eigenvalue weighted by Gasteiger charge is 2.53. The number of H-pyrrole nitrogens is 1. The number of aromatic nitrogens is 4. The molecule has 7 heteroatoms. The molecule has 158 valence electrons. The van der Waals surface area contributed by atoms with Crippen LogP contribution in [0.4, 0.5) is 5.82 Å². The van der Waals surface area contributed by atoms with Crippen LogP contribution in [0.5, 0.6) is 0 Å². The van der Waals surface area contributed by atoms with Crippen molar-refractivity contribution in [3.63, 3.8) is 0 Å². The average molecular weight is 422 g/mol. The molecule has 0 amide bonds. The number of aromatic amines is 1. The summed E-state index contributed by atoms with van der Waals surface area (Å²) < 4.78 is 2.00. The quantitative estimate of drug-likeness (QED) is 0.535. The Kier molecular flexibility index (Phi) is 3.99. The lowest BCUT2D eigenvalue weighted by Gasteiger charge is -2.43. The van der Waals surface area contributed by atoms with Crippen LogP contribution < -0.4 is 10.5 Å². The number of hydrogen-bond acceptors (Lipinski definition) is 5. The van der Waals surface area contributed by atoms with E-state index in [1.165, 1.54) is 0 Å². The molecule has 1 saturated heterocycles. The summed E-state index contributed by atoms with van der Waals surface area (Å²) >= 11 is 0. The van der Waals surface area contributed by atoms with Crippen molar-refractivity contribution in [2.24, 2.45) is 0 Å². The van der Waals surface area contributed by atoms with Crippen LogP contribution in [0, 0.1) is 18.3 Å². The Hall–Kier alpha value is -3.92. The standard InChI is InChI=1S/C25H22N6O/c1-16-19-14-25(15-26,24-27-20-11-6-5-10-18(20)22(32)28-24)21-12-7-13-30(21)23(19)31(29-16)17-8-3-2-4-9-17/h2-6,8-11,21H,7,12-14H2,1H3,(H,27,28,32)/t21-,25+/m0/s1. The first-order chi connectivity index (χ1) is 15.6. The molecule has 4 heterocycles. The lowest BCUT2D eigenvalue weighted by molar-refractivity contribution is 0.387. The van der Waals surface area contributed by atoms with E-state index in [2.05, 4.69) is 16.0 Å². The van der Waals surface area contributed by atoms with Crippen molar-refractivity contribution in [2.75, 3.05) is 11.4 Å². The maximum atomic E-state index is 12.9. The van der Waals surface area contributed by atoms with Crippen LogP contribution in [0.1, 0.15) is 29.9 Å². The Balaban J connectivity index is 1.58. The van der Waals surface area contributed by atoms with Crippen molar-refractivity contribution in [1.82, 2.24) is 19.7 Å². The van der Waals surface area contributed by atoms with E-state index in [9.17, 15) is 10.1 Å². The van der Waals surface area contributed by atoms with Gasteiger partial charge in [-0.3, -0.25) is 4.79 Å². The highest BCUT2D eigenvalue weighted by molar-refractivity contribution is 5.77. The molecule has 2 aromatic carbocycles. The van der Waals surface area contributed by atoms with Crippen molar-refractivity contribution < 1.29 is 0 Å². The molecular formula is C25H22N6O. The number of fused-ring (bicyclic) bond motifs is 4. The first-order valence-electron chi connectivity index (χ1n) is 10.9. The predicted molar refractivity (Wildman–Crippen MR) is 122 cm³/mol. The van der Waals surface area contributed by atoms with Crippen molar-refractivity contribution in [3.8, 4) is 11.8 Å². The Labute approximate surface area is 184 Å². The third-order valence-corrected chi connectivity index (χ3v) is 6.94. The van der Waals surface area contributed by atoms with Crippen LogP contribution in [0.15, 0.2) is 59.4 Å². The van der Waals surface area contributed by atoms with Crippen LogP contribution in [-0.4, -0.2) is 32.3 Å². The van der Waals surface area contributed by atoms with Gasteiger partial charge in [-0.1, -0.05) is 30.3 Å². The van der Waals surface area contributed by atoms with Crippen LogP contribution >= 0.6 is 0 Å². The summed E-state index contributed by atoms with van der Waals surface area (Å²) in [4.78, 5) is 22.9. The SMILES string of the molecule is Cc1nn(-c2ccccc2)c2c1C[C@](C#N)(c1nc3ccccc3c(=O)[nH]1)[C@@H]1CCCN21. The first-order valence-corrected chi connectivity index (χ1v) is 10.9. The van der Waals surface area contributed by atoms with Crippen LogP contribution in [0.25, 0.3) is 16.6 Å². The second-order valence-electron chi connectivity index (χ2n) is 8.68. The molecule has 0 bridgehead atoms. The number of nitrogens with one attached hydrogen (secondary N) is 1. The third kappa shape index (κ3) is 2.50. The normalized spacial score (nSPS) is 21.9. The molecule has 0 unspecified atom stereocenters. The lowest BCUT2D eigenvalue weighted by atomic mass is 9.72. The van der Waals surface area contributed by atoms with Gasteiger partial charge in [0.1, 0.15) is 17.1 Å². The zero-order chi connectivity index (χ0) is 21.9. The summed E-state index contributed by atoms with van der Waals surface area (Å²) in [5, 5.41) is 16.0. The highest BCUT2D eigenvalue weighted by atomic mass is 16.1. The van der Waals surface area contributed by atoms with Gasteiger partial charge in [0.25, 0.3) is 5.56 Å². The highest BCUT2D eigenvalue weighted by Crippen LogP contribution is 2.48. The molecule has 0 aliphatic carbocycles. The van der Waals surface area contributed by atoms with E-state index in [1.807, 2.05) is 60.1 Å². The number of rotatable bonds is 2. The van der Waals surface area contributed by atoms with E-state index in [-0.39, 0.29) is 11.6 Å². The number of nitrogens with zero attached hydrogens (tertiary/aromatic N) is 5. The van der Waals surface area contributed by atoms with Gasteiger partial charge in [0, 0.05) is 18.5 Å². The second-order valence-corrected chi connectivity index (χ2v) is 8.68. The number of benzene rings is 2. The van der Waals surface area contributed by atoms with Gasteiger partial charge in [-0.05, 0) is 44.0 Å². The summed E-state index contributed by atoms with van der Waals surface area (Å²) in [6, 6.07) is 19.9. The van der Waals surface area contributed by atoms with E-state index in [0.717, 1.165) is 42.1 Å². The van der Waals surface area contributed by atoms with Crippen molar-refractivity contribution in [3.05, 3.63) is 82.0 Å². The molecule has 1 fully saturated rings. The van der Waals surface area contributed by atoms with E-state index >= 15 is 0 Å². The molecule has 6 rings (SSSR count). The van der Waals surface area contributed by atoms with Crippen molar-refractivity contribution in [1.29, 1.82) is 5.26 Å². The predicted octanol–water partition coefficient (Wildman–Crippen LogP) is 3.40. The molecule has 1 N–H and O–H groups in total. The second kappa shape index (κ2) is 6.79. The fraction of sp³-hybridized carbons (Fsp3) is 0.280. The summed E-state index contributed by atoms with van der Waals surface area (Å²) in [5.41, 5.74) is 2.42. The van der Waals surface area contributed by atoms with Crippen LogP contribution in [0.2, 0.25) is 0 Å². The van der Waals surface area contributed by atoms with E-state index in [4.69, 9.17) is 10.1 Å². The smallest absolute Gasteiger partial charge is 0.258 e. The van der Waals surface area contributed by atoms with Gasteiger partial charge in [0.2, 0.25) is 0 Å². The van der Waals surface area contributed by atoms with E-state index in [0.29, 0.717) is 23.1 Å². The molecule has 32 heavy (non-hydrogen) atoms. The number of anilines is 1. The Bertz CT molecular complexity index is 1450. The van der Waals surface area contributed by atoms with Gasteiger partial charge in [0.05, 0.1) is 34.4 Å².